The summed E-state index contributed by atoms with van der Waals surface area (Å²) < 4.78 is 40.7. The number of aliphatic hydroxyl groups excluding tert-OH is 1. The summed E-state index contributed by atoms with van der Waals surface area (Å²) in [6.45, 7) is 2.59. The van der Waals surface area contributed by atoms with Crippen LogP contribution in [-0.4, -0.2) is 96.5 Å². The number of pyridine rings is 1. The van der Waals surface area contributed by atoms with Crippen LogP contribution in [0.25, 0.3) is 10.9 Å². The lowest BCUT2D eigenvalue weighted by Gasteiger charge is -2.34. The van der Waals surface area contributed by atoms with Gasteiger partial charge >= 0.3 is 6.18 Å². The number of fused-ring (bicyclic) bond motifs is 1. The number of hydrogen-bond acceptors (Lipinski definition) is 9. The molecule has 3 amide bonds. The van der Waals surface area contributed by atoms with Gasteiger partial charge in [-0.15, -0.1) is 0 Å². The molecule has 0 aliphatic rings. The molecule has 0 saturated heterocycles. The number of aromatic nitrogens is 1. The number of hydrogen-bond donors (Lipinski definition) is 7. The van der Waals surface area contributed by atoms with Crippen LogP contribution in [0.3, 0.4) is 0 Å². The van der Waals surface area contributed by atoms with Crippen LogP contribution in [0, 0.1) is 0 Å². The van der Waals surface area contributed by atoms with Crippen molar-refractivity contribution < 1.29 is 42.3 Å². The van der Waals surface area contributed by atoms with Crippen molar-refractivity contribution in [1.82, 2.24) is 15.6 Å². The monoisotopic (exact) mass is 704 g/mol. The van der Waals surface area contributed by atoms with E-state index < -0.39 is 60.3 Å². The van der Waals surface area contributed by atoms with Gasteiger partial charge in [-0.05, 0) is 62.2 Å². The fraction of sp³-hybridized carbons (Fsp3) is 0.471. The second kappa shape index (κ2) is 18.7. The highest BCUT2D eigenvalue weighted by molar-refractivity contribution is 5.99. The average molecular weight is 705 g/mol. The summed E-state index contributed by atoms with van der Waals surface area (Å²) in [5.74, 6) is -2.26. The van der Waals surface area contributed by atoms with Gasteiger partial charge in [0.05, 0.1) is 55.7 Å². The molecule has 16 heteroatoms. The summed E-state index contributed by atoms with van der Waals surface area (Å²) >= 11 is 0. The van der Waals surface area contributed by atoms with E-state index in [1.807, 2.05) is 13.1 Å². The summed E-state index contributed by atoms with van der Waals surface area (Å²) in [6.07, 6.45) is -5.41. The third-order valence-electron chi connectivity index (χ3n) is 8.42. The number of anilines is 1. The molecule has 2 aromatic carbocycles. The van der Waals surface area contributed by atoms with E-state index in [0.717, 1.165) is 17.5 Å². The van der Waals surface area contributed by atoms with Gasteiger partial charge in [-0.2, -0.15) is 13.2 Å². The van der Waals surface area contributed by atoms with E-state index in [9.17, 15) is 37.8 Å². The van der Waals surface area contributed by atoms with Gasteiger partial charge < -0.3 is 47.8 Å². The Morgan fingerprint density at radius 3 is 2.24 bits per heavy atom. The van der Waals surface area contributed by atoms with Crippen LogP contribution in [0.1, 0.15) is 36.8 Å². The molecule has 0 bridgehead atoms. The average Bonchev–Trinajstić information content (AvgIpc) is 3.05. The Bertz CT molecular complexity index is 1570. The van der Waals surface area contributed by atoms with E-state index in [0.29, 0.717) is 60.4 Å². The van der Waals surface area contributed by atoms with E-state index in [4.69, 9.17) is 17.2 Å². The molecule has 3 rings (SSSR count). The van der Waals surface area contributed by atoms with Crippen molar-refractivity contribution in [3.8, 4) is 0 Å². The zero-order chi connectivity index (χ0) is 36.9. The maximum Gasteiger partial charge on any atom is 0.416 e. The van der Waals surface area contributed by atoms with Crippen LogP contribution in [0.15, 0.2) is 60.8 Å². The number of benzene rings is 2. The van der Waals surface area contributed by atoms with Crippen LogP contribution < -0.4 is 38.3 Å². The second-order valence-corrected chi connectivity index (χ2v) is 12.6. The zero-order valence-corrected chi connectivity index (χ0v) is 28.0. The first kappa shape index (κ1) is 40.2. The summed E-state index contributed by atoms with van der Waals surface area (Å²) in [6, 6.07) is 9.72. The molecular formula is C34H47F3N8O5. The molecule has 0 spiro atoms. The fourth-order valence-electron chi connectivity index (χ4n) is 5.63. The number of aryl methyl sites for hydroxylation is 1. The van der Waals surface area contributed by atoms with Gasteiger partial charge in [0.25, 0.3) is 0 Å². The van der Waals surface area contributed by atoms with E-state index >= 15 is 0 Å². The molecule has 1 unspecified atom stereocenters. The van der Waals surface area contributed by atoms with E-state index in [1.54, 1.807) is 24.3 Å². The lowest BCUT2D eigenvalue weighted by molar-refractivity contribution is -0.907. The molecule has 0 radical (unpaired) electrons. The van der Waals surface area contributed by atoms with Crippen LogP contribution >= 0.6 is 0 Å². The lowest BCUT2D eigenvalue weighted by atomic mass is 10.0. The van der Waals surface area contributed by atoms with Crippen molar-refractivity contribution in [2.45, 2.75) is 62.7 Å². The molecule has 50 heavy (non-hydrogen) atoms. The number of likely N-dealkylation sites (N-methyl/N-ethyl adjacent to an activating group) is 1. The van der Waals surface area contributed by atoms with Gasteiger partial charge in [0.15, 0.2) is 0 Å². The number of quaternary nitrogens is 1. The quantitative estimate of drug-likeness (QED) is 0.0674. The molecule has 1 aromatic heterocycles. The van der Waals surface area contributed by atoms with Crippen LogP contribution in [0.4, 0.5) is 18.9 Å². The molecule has 0 aliphatic carbocycles. The van der Waals surface area contributed by atoms with Crippen LogP contribution in [0.5, 0.6) is 0 Å². The zero-order valence-electron chi connectivity index (χ0n) is 28.0. The third kappa shape index (κ3) is 12.6. The number of nitrogens with zero attached hydrogens (tertiary/aromatic N) is 2. The van der Waals surface area contributed by atoms with Crippen LogP contribution in [0.2, 0.25) is 0 Å². The van der Waals surface area contributed by atoms with Gasteiger partial charge in [-0.1, -0.05) is 36.4 Å². The fourth-order valence-corrected chi connectivity index (χ4v) is 5.63. The molecule has 4 atom stereocenters. The first-order valence-corrected chi connectivity index (χ1v) is 16.4. The SMILES string of the molecule is C[N+](CCN)(CCN)CCC[C@H](NC(=O)[C@@H](N)CC([O-])O)C(=O)N[C@@H](CCc1cccc(C(F)(F)F)c1)C(=O)Nc1cnc2ccccc2c1. The van der Waals surface area contributed by atoms with Gasteiger partial charge in [0, 0.05) is 18.5 Å². The standard InChI is InChI=1S/C34H47F3N8O5/c1-45(16-13-38,17-14-39)15-5-10-28(43-31(48)26(40)20-30(46)47)33(50)44-29(12-11-22-6-4-8-24(18-22)34(35,36)37)32(49)42-25-19-23-7-2-3-9-27(23)41-21-25/h2-4,6-9,18-19,21,26,28-30,46H,5,10-17,20,38-40H2,1H3,(H,42,49)(H,43,48)(H,44,50)/t26-,28-,29-,30?/m0/s1. The first-order valence-electron chi connectivity index (χ1n) is 16.4. The number of rotatable bonds is 19. The Labute approximate surface area is 289 Å². The highest BCUT2D eigenvalue weighted by Gasteiger charge is 2.32. The minimum atomic E-state index is -4.57. The lowest BCUT2D eigenvalue weighted by Crippen LogP contribution is -2.56. The number of halogens is 3. The molecule has 0 aliphatic heterocycles. The predicted molar refractivity (Wildman–Crippen MR) is 181 cm³/mol. The van der Waals surface area contributed by atoms with Crippen LogP contribution in [-0.2, 0) is 27.0 Å². The van der Waals surface area contributed by atoms with Crippen molar-refractivity contribution in [3.05, 3.63) is 71.9 Å². The highest BCUT2D eigenvalue weighted by atomic mass is 19.4. The number of carbonyl (C=O) groups is 3. The Morgan fingerprint density at radius 2 is 1.58 bits per heavy atom. The normalized spacial score (nSPS) is 14.4. The van der Waals surface area contributed by atoms with Crippen molar-refractivity contribution in [2.75, 3.05) is 45.1 Å². The Kier molecular flexibility index (Phi) is 15.1. The number of nitrogens with one attached hydrogen (secondary N) is 3. The van der Waals surface area contributed by atoms with E-state index in [1.165, 1.54) is 18.3 Å². The molecule has 0 fully saturated rings. The molecule has 13 nitrogen and oxygen atoms in total. The summed E-state index contributed by atoms with van der Waals surface area (Å²) in [4.78, 5) is 44.7. The topological polar surface area (TPSA) is 222 Å². The van der Waals surface area contributed by atoms with E-state index in [2.05, 4.69) is 20.9 Å². The third-order valence-corrected chi connectivity index (χ3v) is 8.42. The van der Waals surface area contributed by atoms with Gasteiger partial charge in [-0.3, -0.25) is 19.4 Å². The first-order chi connectivity index (χ1) is 23.6. The highest BCUT2D eigenvalue weighted by Crippen LogP contribution is 2.30. The Balaban J connectivity index is 1.86. The van der Waals surface area contributed by atoms with Crippen molar-refractivity contribution >= 4 is 34.3 Å². The van der Waals surface area contributed by atoms with Gasteiger partial charge in [0.1, 0.15) is 12.1 Å². The van der Waals surface area contributed by atoms with Gasteiger partial charge in [-0.25, -0.2) is 0 Å². The molecule has 3 aromatic rings. The predicted octanol–water partition coefficient (Wildman–Crippen LogP) is 0.335. The van der Waals surface area contributed by atoms with Gasteiger partial charge in [0.2, 0.25) is 17.7 Å². The molecule has 274 valence electrons. The molecule has 0 saturated carbocycles. The second-order valence-electron chi connectivity index (χ2n) is 12.6. The summed E-state index contributed by atoms with van der Waals surface area (Å²) in [7, 11) is 1.97. The Hall–Kier alpha value is -4.19. The van der Waals surface area contributed by atoms with Crippen molar-refractivity contribution in [3.63, 3.8) is 0 Å². The minimum Gasteiger partial charge on any atom is -0.831 e. The van der Waals surface area contributed by atoms with Crippen molar-refractivity contribution in [1.29, 1.82) is 0 Å². The number of carbonyl (C=O) groups excluding carboxylic acids is 3. The molecule has 10 N–H and O–H groups in total. The molecule has 1 heterocycles. The largest absolute Gasteiger partial charge is 0.831 e. The molecular weight excluding hydrogens is 657 g/mol. The van der Waals surface area contributed by atoms with E-state index in [-0.39, 0.29) is 19.3 Å². The number of amides is 3. The smallest absolute Gasteiger partial charge is 0.416 e. The summed E-state index contributed by atoms with van der Waals surface area (Å²) in [5, 5.41) is 29.1. The van der Waals surface area contributed by atoms with Crippen molar-refractivity contribution in [2.24, 2.45) is 17.2 Å². The number of aliphatic hydroxyl groups is 1. The Morgan fingerprint density at radius 1 is 0.920 bits per heavy atom. The number of para-hydroxylation sites is 1. The maximum absolute atomic E-state index is 13.8. The summed E-state index contributed by atoms with van der Waals surface area (Å²) in [5.41, 5.74) is 17.8. The maximum atomic E-state index is 13.8. The number of alkyl halides is 3. The number of nitrogens with two attached hydrogens (primary N) is 3. The minimum absolute atomic E-state index is 0.00441.